The van der Waals surface area contributed by atoms with Crippen LogP contribution in [0.3, 0.4) is 0 Å². The van der Waals surface area contributed by atoms with E-state index in [4.69, 9.17) is 14.4 Å². The maximum atomic E-state index is 12.5. The number of benzene rings is 2. The highest BCUT2D eigenvalue weighted by Gasteiger charge is 2.26. The van der Waals surface area contributed by atoms with Gasteiger partial charge in [0.1, 0.15) is 5.75 Å². The van der Waals surface area contributed by atoms with Crippen molar-refractivity contribution in [3.63, 3.8) is 0 Å². The molecule has 0 N–H and O–H groups in total. The molecule has 4 rings (SSSR count). The van der Waals surface area contributed by atoms with E-state index in [0.29, 0.717) is 43.3 Å². The van der Waals surface area contributed by atoms with Crippen LogP contribution in [-0.4, -0.2) is 54.4 Å². The van der Waals surface area contributed by atoms with Gasteiger partial charge in [-0.05, 0) is 47.5 Å². The second-order valence-corrected chi connectivity index (χ2v) is 7.15. The molecule has 0 bridgehead atoms. The number of nitrogens with zero attached hydrogens (tertiary/aromatic N) is 3. The van der Waals surface area contributed by atoms with Gasteiger partial charge in [-0.2, -0.15) is 5.26 Å². The molecule has 3 aromatic rings. The maximum absolute atomic E-state index is 12.5. The van der Waals surface area contributed by atoms with E-state index < -0.39 is 0 Å². The van der Waals surface area contributed by atoms with Crippen LogP contribution in [-0.2, 0) is 4.79 Å². The van der Waals surface area contributed by atoms with Crippen LogP contribution >= 0.6 is 0 Å². The Bertz CT molecular complexity index is 1080. The fourth-order valence-corrected chi connectivity index (χ4v) is 3.43. The number of furan rings is 1. The van der Waals surface area contributed by atoms with Gasteiger partial charge in [0.15, 0.2) is 12.4 Å². The highest BCUT2D eigenvalue weighted by atomic mass is 16.5. The minimum absolute atomic E-state index is 0.0532. The van der Waals surface area contributed by atoms with Gasteiger partial charge in [-0.25, -0.2) is 0 Å². The molecule has 0 saturated carbocycles. The normalized spacial score (nSPS) is 13.5. The van der Waals surface area contributed by atoms with Crippen LogP contribution in [0.25, 0.3) is 11.1 Å². The van der Waals surface area contributed by atoms with Crippen LogP contribution in [0.2, 0.25) is 0 Å². The minimum Gasteiger partial charge on any atom is -0.484 e. The molecule has 2 amide bonds. The van der Waals surface area contributed by atoms with Gasteiger partial charge in [-0.3, -0.25) is 9.59 Å². The topological polar surface area (TPSA) is 86.8 Å². The fraction of sp³-hybridized carbons (Fsp3) is 0.208. The molecule has 0 unspecified atom stereocenters. The Balaban J connectivity index is 1.26. The van der Waals surface area contributed by atoms with Gasteiger partial charge < -0.3 is 19.0 Å². The third-order valence-corrected chi connectivity index (χ3v) is 5.22. The number of ether oxygens (including phenoxy) is 1. The Morgan fingerprint density at radius 1 is 0.903 bits per heavy atom. The number of carbonyl (C=O) groups excluding carboxylic acids is 2. The van der Waals surface area contributed by atoms with Crippen LogP contribution < -0.4 is 4.74 Å². The molecule has 0 atom stereocenters. The predicted octanol–water partition coefficient (Wildman–Crippen LogP) is 3.18. The van der Waals surface area contributed by atoms with Crippen LogP contribution in [0, 0.1) is 11.3 Å². The zero-order chi connectivity index (χ0) is 21.6. The molecule has 2 heterocycles. The lowest BCUT2D eigenvalue weighted by atomic mass is 10.0. The monoisotopic (exact) mass is 415 g/mol. The number of rotatable bonds is 5. The van der Waals surface area contributed by atoms with Gasteiger partial charge in [-0.1, -0.05) is 24.3 Å². The second-order valence-electron chi connectivity index (χ2n) is 7.15. The summed E-state index contributed by atoms with van der Waals surface area (Å²) in [6.45, 7) is 1.80. The smallest absolute Gasteiger partial charge is 0.289 e. The first-order valence-corrected chi connectivity index (χ1v) is 9.98. The van der Waals surface area contributed by atoms with Crippen molar-refractivity contribution in [1.82, 2.24) is 9.80 Å². The summed E-state index contributed by atoms with van der Waals surface area (Å²) >= 11 is 0. The second kappa shape index (κ2) is 9.18. The quantitative estimate of drug-likeness (QED) is 0.639. The van der Waals surface area contributed by atoms with E-state index in [2.05, 4.69) is 6.07 Å². The Hall–Kier alpha value is -4.05. The fourth-order valence-electron chi connectivity index (χ4n) is 3.43. The van der Waals surface area contributed by atoms with Gasteiger partial charge in [-0.15, -0.1) is 0 Å². The summed E-state index contributed by atoms with van der Waals surface area (Å²) in [4.78, 5) is 28.2. The lowest BCUT2D eigenvalue weighted by Crippen LogP contribution is -2.51. The summed E-state index contributed by atoms with van der Waals surface area (Å²) < 4.78 is 10.8. The van der Waals surface area contributed by atoms with Crippen molar-refractivity contribution < 1.29 is 18.7 Å². The van der Waals surface area contributed by atoms with E-state index in [1.165, 1.54) is 6.26 Å². The first-order valence-electron chi connectivity index (χ1n) is 9.98. The van der Waals surface area contributed by atoms with E-state index in [1.807, 2.05) is 36.4 Å². The largest absolute Gasteiger partial charge is 0.484 e. The molecule has 0 aliphatic carbocycles. The lowest BCUT2D eigenvalue weighted by molar-refractivity contribution is -0.134. The molecule has 0 radical (unpaired) electrons. The van der Waals surface area contributed by atoms with Crippen molar-refractivity contribution in [3.8, 4) is 22.9 Å². The first kappa shape index (κ1) is 20.2. The molecule has 31 heavy (non-hydrogen) atoms. The summed E-state index contributed by atoms with van der Waals surface area (Å²) in [6.07, 6.45) is 1.47. The minimum atomic E-state index is -0.157. The van der Waals surface area contributed by atoms with Crippen molar-refractivity contribution in [2.24, 2.45) is 0 Å². The van der Waals surface area contributed by atoms with E-state index >= 15 is 0 Å². The summed E-state index contributed by atoms with van der Waals surface area (Å²) in [6, 6.07) is 20.2. The highest BCUT2D eigenvalue weighted by Crippen LogP contribution is 2.23. The third kappa shape index (κ3) is 4.75. The number of amides is 2. The molecular weight excluding hydrogens is 394 g/mol. The maximum Gasteiger partial charge on any atom is 0.289 e. The Morgan fingerprint density at radius 3 is 2.10 bits per heavy atom. The molecule has 156 valence electrons. The SMILES string of the molecule is N#Cc1ccc(-c2ccc(OCC(=O)N3CCN(C(=O)c4ccco4)CC3)cc2)cc1. The van der Waals surface area contributed by atoms with Crippen molar-refractivity contribution in [1.29, 1.82) is 5.26 Å². The molecule has 7 heteroatoms. The van der Waals surface area contributed by atoms with E-state index in [-0.39, 0.29) is 18.4 Å². The molecule has 1 aliphatic heterocycles. The standard InChI is InChI=1S/C24H21N3O4/c25-16-18-3-5-19(6-4-18)20-7-9-21(10-8-20)31-17-23(28)26-11-13-27(14-12-26)24(29)22-2-1-15-30-22/h1-10,15H,11-14,17H2. The van der Waals surface area contributed by atoms with Crippen LogP contribution in [0.1, 0.15) is 16.1 Å². The predicted molar refractivity (Wildman–Crippen MR) is 113 cm³/mol. The van der Waals surface area contributed by atoms with Crippen LogP contribution in [0.4, 0.5) is 0 Å². The van der Waals surface area contributed by atoms with Gasteiger partial charge in [0.05, 0.1) is 17.9 Å². The molecule has 7 nitrogen and oxygen atoms in total. The summed E-state index contributed by atoms with van der Waals surface area (Å²) in [5, 5.41) is 8.89. The molecule has 0 spiro atoms. The van der Waals surface area contributed by atoms with Crippen molar-refractivity contribution in [2.75, 3.05) is 32.8 Å². The average molecular weight is 415 g/mol. The number of nitriles is 1. The van der Waals surface area contributed by atoms with Crippen molar-refractivity contribution in [2.45, 2.75) is 0 Å². The molecule has 1 aromatic heterocycles. The first-order chi connectivity index (χ1) is 15.1. The average Bonchev–Trinajstić information content (AvgIpc) is 3.38. The summed E-state index contributed by atoms with van der Waals surface area (Å²) in [5.41, 5.74) is 2.62. The number of hydrogen-bond acceptors (Lipinski definition) is 5. The van der Waals surface area contributed by atoms with Gasteiger partial charge >= 0.3 is 0 Å². The molecule has 1 saturated heterocycles. The Labute approximate surface area is 180 Å². The number of carbonyl (C=O) groups is 2. The number of piperazine rings is 1. The van der Waals surface area contributed by atoms with Gasteiger partial charge in [0.2, 0.25) is 0 Å². The molecule has 2 aromatic carbocycles. The van der Waals surface area contributed by atoms with Gasteiger partial charge in [0.25, 0.3) is 11.8 Å². The number of hydrogen-bond donors (Lipinski definition) is 0. The zero-order valence-corrected chi connectivity index (χ0v) is 16.9. The van der Waals surface area contributed by atoms with Crippen LogP contribution in [0.15, 0.2) is 71.3 Å². The molecular formula is C24H21N3O4. The highest BCUT2D eigenvalue weighted by molar-refractivity contribution is 5.91. The van der Waals surface area contributed by atoms with Crippen molar-refractivity contribution >= 4 is 11.8 Å². The lowest BCUT2D eigenvalue weighted by Gasteiger charge is -2.34. The van der Waals surface area contributed by atoms with E-state index in [9.17, 15) is 9.59 Å². The zero-order valence-electron chi connectivity index (χ0n) is 16.9. The Morgan fingerprint density at radius 2 is 1.52 bits per heavy atom. The van der Waals surface area contributed by atoms with Gasteiger partial charge in [0, 0.05) is 26.2 Å². The molecule has 1 fully saturated rings. The summed E-state index contributed by atoms with van der Waals surface area (Å²) in [7, 11) is 0. The summed E-state index contributed by atoms with van der Waals surface area (Å²) in [5.74, 6) is 0.655. The molecule has 1 aliphatic rings. The van der Waals surface area contributed by atoms with E-state index in [1.54, 1.807) is 34.1 Å². The Kier molecular flexibility index (Phi) is 5.99. The van der Waals surface area contributed by atoms with Crippen LogP contribution in [0.5, 0.6) is 5.75 Å². The van der Waals surface area contributed by atoms with E-state index in [0.717, 1.165) is 11.1 Å². The third-order valence-electron chi connectivity index (χ3n) is 5.22. The van der Waals surface area contributed by atoms with Crippen molar-refractivity contribution in [3.05, 3.63) is 78.3 Å².